The molecule has 1 aromatic heterocycles. The molecular formula is C25H30N4O4S. The molecule has 1 N–H and O–H groups in total. The number of rotatable bonds is 9. The van der Waals surface area contributed by atoms with Gasteiger partial charge in [0.1, 0.15) is 5.69 Å². The zero-order chi connectivity index (χ0) is 24.3. The quantitative estimate of drug-likeness (QED) is 0.475. The van der Waals surface area contributed by atoms with Crippen LogP contribution in [0.4, 0.5) is 0 Å². The van der Waals surface area contributed by atoms with E-state index in [0.717, 1.165) is 24.0 Å². The number of carbonyl (C=O) groups is 2. The molecule has 0 bridgehead atoms. The van der Waals surface area contributed by atoms with Gasteiger partial charge in [0.2, 0.25) is 15.9 Å². The van der Waals surface area contributed by atoms with Crippen LogP contribution in [0.1, 0.15) is 35.3 Å². The van der Waals surface area contributed by atoms with Gasteiger partial charge < -0.3 is 14.8 Å². The molecule has 3 aromatic rings. The van der Waals surface area contributed by atoms with Gasteiger partial charge >= 0.3 is 0 Å². The van der Waals surface area contributed by atoms with E-state index in [1.54, 1.807) is 24.3 Å². The van der Waals surface area contributed by atoms with Crippen LogP contribution in [0.5, 0.6) is 0 Å². The van der Waals surface area contributed by atoms with Crippen LogP contribution in [-0.2, 0) is 21.4 Å². The molecule has 34 heavy (non-hydrogen) atoms. The summed E-state index contributed by atoms with van der Waals surface area (Å²) in [5, 5.41) is 3.65. The number of fused-ring (bicyclic) bond motifs is 1. The van der Waals surface area contributed by atoms with Crippen LogP contribution in [0, 0.1) is 0 Å². The van der Waals surface area contributed by atoms with Crippen LogP contribution in [0.15, 0.2) is 59.5 Å². The molecular weight excluding hydrogens is 452 g/mol. The minimum absolute atomic E-state index is 0.179. The molecule has 2 amide bonds. The van der Waals surface area contributed by atoms with Gasteiger partial charge in [-0.3, -0.25) is 9.59 Å². The first-order chi connectivity index (χ1) is 16.3. The lowest BCUT2D eigenvalue weighted by atomic mass is 10.2. The van der Waals surface area contributed by atoms with E-state index in [0.29, 0.717) is 43.6 Å². The second kappa shape index (κ2) is 9.99. The Morgan fingerprint density at radius 3 is 2.53 bits per heavy atom. The first-order valence-electron chi connectivity index (χ1n) is 11.4. The summed E-state index contributed by atoms with van der Waals surface area (Å²) in [5.41, 5.74) is 2.29. The number of hydrogen-bond donors (Lipinski definition) is 1. The van der Waals surface area contributed by atoms with Crippen molar-refractivity contribution in [3.05, 3.63) is 65.9 Å². The Morgan fingerprint density at radius 1 is 1.09 bits per heavy atom. The Hall–Kier alpha value is -3.17. The lowest BCUT2D eigenvalue weighted by molar-refractivity contribution is -0.127. The third kappa shape index (κ3) is 5.00. The number of nitrogens with one attached hydrogen (secondary N) is 1. The lowest BCUT2D eigenvalue weighted by Gasteiger charge is -2.16. The zero-order valence-corrected chi connectivity index (χ0v) is 20.3. The molecule has 0 spiro atoms. The molecule has 0 atom stereocenters. The highest BCUT2D eigenvalue weighted by Crippen LogP contribution is 2.26. The maximum atomic E-state index is 13.1. The third-order valence-electron chi connectivity index (χ3n) is 6.13. The summed E-state index contributed by atoms with van der Waals surface area (Å²) in [4.78, 5) is 26.9. The summed E-state index contributed by atoms with van der Waals surface area (Å²) >= 11 is 0. The molecule has 8 nitrogen and oxygen atoms in total. The van der Waals surface area contributed by atoms with Gasteiger partial charge in [-0.1, -0.05) is 30.3 Å². The number of sulfonamides is 1. The number of likely N-dealkylation sites (tertiary alicyclic amines) is 1. The van der Waals surface area contributed by atoms with Gasteiger partial charge in [0.25, 0.3) is 5.91 Å². The van der Waals surface area contributed by atoms with Crippen LogP contribution in [-0.4, -0.2) is 67.7 Å². The highest BCUT2D eigenvalue weighted by molar-refractivity contribution is 7.89. The SMILES string of the molecule is CN(C)S(=O)(=O)c1ccc2c(c1)cc(C(=O)NCCCN1CCCC1=O)n2Cc1ccccc1. The molecule has 2 aromatic carbocycles. The number of hydrogen-bond acceptors (Lipinski definition) is 4. The second-order valence-electron chi connectivity index (χ2n) is 8.70. The van der Waals surface area contributed by atoms with E-state index in [9.17, 15) is 18.0 Å². The van der Waals surface area contributed by atoms with Crippen molar-refractivity contribution in [3.63, 3.8) is 0 Å². The number of nitrogens with zero attached hydrogens (tertiary/aromatic N) is 3. The topological polar surface area (TPSA) is 91.7 Å². The minimum atomic E-state index is -3.59. The van der Waals surface area contributed by atoms with Gasteiger partial charge in [0.15, 0.2) is 0 Å². The minimum Gasteiger partial charge on any atom is -0.351 e. The monoisotopic (exact) mass is 482 g/mol. The summed E-state index contributed by atoms with van der Waals surface area (Å²) in [6.07, 6.45) is 2.19. The Labute approximate surface area is 200 Å². The van der Waals surface area contributed by atoms with Crippen molar-refractivity contribution in [2.24, 2.45) is 0 Å². The standard InChI is InChI=1S/C25H30N4O4S/c1-27(2)34(32,33)21-11-12-22-20(16-21)17-23(29(22)18-19-8-4-3-5-9-19)25(31)26-13-7-15-28-14-6-10-24(28)30/h3-5,8-9,11-12,16-17H,6-7,10,13-15,18H2,1-2H3,(H,26,31). The van der Waals surface area contributed by atoms with E-state index in [4.69, 9.17) is 0 Å². The van der Waals surface area contributed by atoms with Gasteiger partial charge in [-0.15, -0.1) is 0 Å². The molecule has 4 rings (SSSR count). The summed E-state index contributed by atoms with van der Waals surface area (Å²) in [5.74, 6) is -0.0466. The van der Waals surface area contributed by atoms with Gasteiger partial charge in [0.05, 0.1) is 4.90 Å². The zero-order valence-electron chi connectivity index (χ0n) is 19.5. The van der Waals surface area contributed by atoms with E-state index < -0.39 is 10.0 Å². The average molecular weight is 483 g/mol. The molecule has 9 heteroatoms. The van der Waals surface area contributed by atoms with Crippen LogP contribution in [0.2, 0.25) is 0 Å². The van der Waals surface area contributed by atoms with E-state index in [-0.39, 0.29) is 16.7 Å². The molecule has 1 aliphatic heterocycles. The van der Waals surface area contributed by atoms with Crippen molar-refractivity contribution < 1.29 is 18.0 Å². The summed E-state index contributed by atoms with van der Waals surface area (Å²) in [6.45, 7) is 2.36. The van der Waals surface area contributed by atoms with Crippen LogP contribution < -0.4 is 5.32 Å². The molecule has 0 unspecified atom stereocenters. The molecule has 2 heterocycles. The fourth-order valence-corrected chi connectivity index (χ4v) is 5.19. The highest BCUT2D eigenvalue weighted by atomic mass is 32.2. The number of carbonyl (C=O) groups excluding carboxylic acids is 2. The number of benzene rings is 2. The Bertz CT molecular complexity index is 1300. The van der Waals surface area contributed by atoms with E-state index in [1.807, 2.05) is 39.8 Å². The predicted octanol–water partition coefficient (Wildman–Crippen LogP) is 2.68. The highest BCUT2D eigenvalue weighted by Gasteiger charge is 2.22. The maximum absolute atomic E-state index is 13.1. The summed E-state index contributed by atoms with van der Waals surface area (Å²) in [6, 6.07) is 16.5. The fraction of sp³-hybridized carbons (Fsp3) is 0.360. The molecule has 1 saturated heterocycles. The molecule has 0 saturated carbocycles. The molecule has 0 radical (unpaired) electrons. The van der Waals surface area contributed by atoms with Crippen molar-refractivity contribution in [1.29, 1.82) is 0 Å². The number of amides is 2. The van der Waals surface area contributed by atoms with Crippen molar-refractivity contribution >= 4 is 32.7 Å². The molecule has 180 valence electrons. The van der Waals surface area contributed by atoms with Gasteiger partial charge in [-0.2, -0.15) is 0 Å². The van der Waals surface area contributed by atoms with E-state index in [1.165, 1.54) is 18.4 Å². The third-order valence-corrected chi connectivity index (χ3v) is 7.94. The second-order valence-corrected chi connectivity index (χ2v) is 10.9. The normalized spacial score (nSPS) is 14.3. The van der Waals surface area contributed by atoms with Gasteiger partial charge in [-0.25, -0.2) is 12.7 Å². The van der Waals surface area contributed by atoms with Crippen molar-refractivity contribution in [2.45, 2.75) is 30.7 Å². The Kier molecular flexibility index (Phi) is 7.04. The van der Waals surface area contributed by atoms with E-state index in [2.05, 4.69) is 5.32 Å². The van der Waals surface area contributed by atoms with E-state index >= 15 is 0 Å². The number of aromatic nitrogens is 1. The fourth-order valence-electron chi connectivity index (χ4n) is 4.25. The largest absolute Gasteiger partial charge is 0.351 e. The van der Waals surface area contributed by atoms with Gasteiger partial charge in [-0.05, 0) is 42.7 Å². The summed E-state index contributed by atoms with van der Waals surface area (Å²) in [7, 11) is -0.601. The maximum Gasteiger partial charge on any atom is 0.267 e. The van der Waals surface area contributed by atoms with Crippen molar-refractivity contribution in [1.82, 2.24) is 19.1 Å². The summed E-state index contributed by atoms with van der Waals surface area (Å²) < 4.78 is 28.3. The lowest BCUT2D eigenvalue weighted by Crippen LogP contribution is -2.31. The van der Waals surface area contributed by atoms with Crippen molar-refractivity contribution in [2.75, 3.05) is 33.7 Å². The van der Waals surface area contributed by atoms with Crippen LogP contribution in [0.3, 0.4) is 0 Å². The first kappa shape index (κ1) is 24.0. The van der Waals surface area contributed by atoms with Crippen LogP contribution in [0.25, 0.3) is 10.9 Å². The Balaban J connectivity index is 1.59. The predicted molar refractivity (Wildman–Crippen MR) is 131 cm³/mol. The average Bonchev–Trinajstić information content (AvgIpc) is 3.40. The smallest absolute Gasteiger partial charge is 0.267 e. The molecule has 1 aliphatic rings. The first-order valence-corrected chi connectivity index (χ1v) is 12.9. The van der Waals surface area contributed by atoms with Crippen molar-refractivity contribution in [3.8, 4) is 0 Å². The molecule has 0 aliphatic carbocycles. The molecule has 1 fully saturated rings. The van der Waals surface area contributed by atoms with Crippen LogP contribution >= 0.6 is 0 Å². The Morgan fingerprint density at radius 2 is 1.85 bits per heavy atom. The van der Waals surface area contributed by atoms with Gasteiger partial charge in [0, 0.05) is 57.6 Å².